The van der Waals surface area contributed by atoms with Crippen LogP contribution in [0.2, 0.25) is 0 Å². The van der Waals surface area contributed by atoms with Crippen LogP contribution in [0.5, 0.6) is 0 Å². The first kappa shape index (κ1) is 59.2. The van der Waals surface area contributed by atoms with Gasteiger partial charge in [-0.1, -0.05) is 169 Å². The zero-order valence-electron chi connectivity index (χ0n) is 46.3. The van der Waals surface area contributed by atoms with Crippen LogP contribution in [0.1, 0.15) is 74.2 Å². The Morgan fingerprint density at radius 2 is 1.34 bits per heavy atom. The van der Waals surface area contributed by atoms with Crippen molar-refractivity contribution in [3.05, 3.63) is 234 Å². The quantitative estimate of drug-likeness (QED) is 0.00843. The number of oxime groups is 1. The fourth-order valence-electron chi connectivity index (χ4n) is 9.14. The third kappa shape index (κ3) is 13.3. The standard InChI is InChI=1S/C61H60N8O11S3/c1-59(2,3)79-56(75)60(4,5)80-67-46(44-37-83-57(62-44)64-61(41-27-17-10-18-28-41,42-29-19-11-20-30-42)43-31-21-12-22-32-43)50(70)63-47-52(72)69-48(55(74)78-49(38-23-13-8-14-24-38)39-25-15-9-16-26-39)40(36-82-54(47)69)33-34-81-58-66-65-51(71)53(73)68(58)35-45(76-6)77-7/h8-34,37,45,47,49,54H,35-36H2,1-7H3,(H,62,64)(H,63,70)(H,65,71). The molecule has 2 unspecified atom stereocenters. The van der Waals surface area contributed by atoms with E-state index in [0.29, 0.717) is 21.8 Å². The van der Waals surface area contributed by atoms with Gasteiger partial charge in [-0.3, -0.25) is 28.6 Å². The SMILES string of the molecule is COC(Cn1c(SC=CC2=C(C(=O)OC(c3ccccc3)c3ccccc3)N3C(=O)C(NC(=O)C(=NOC(C)(C)C(=O)OC(C)(C)C)c4csc(NC(c5ccccc5)(c5ccccc5)c5ccccc5)n4)C3SC2)n[nH]c(=O)c1=O)OC. The lowest BCUT2D eigenvalue weighted by atomic mass is 9.77. The van der Waals surface area contributed by atoms with Crippen LogP contribution in [-0.2, 0) is 55.0 Å². The van der Waals surface area contributed by atoms with Crippen molar-refractivity contribution >= 4 is 69.5 Å². The second kappa shape index (κ2) is 25.8. The number of thioether (sulfide) groups is 2. The van der Waals surface area contributed by atoms with Crippen LogP contribution in [0, 0.1) is 0 Å². The summed E-state index contributed by atoms with van der Waals surface area (Å²) in [6, 6.07) is 46.8. The van der Waals surface area contributed by atoms with Crippen molar-refractivity contribution in [3.8, 4) is 0 Å². The van der Waals surface area contributed by atoms with E-state index in [0.717, 1.165) is 33.0 Å². The summed E-state index contributed by atoms with van der Waals surface area (Å²) < 4.78 is 23.7. The van der Waals surface area contributed by atoms with E-state index in [1.807, 2.05) is 152 Å². The van der Waals surface area contributed by atoms with Gasteiger partial charge in [0, 0.05) is 25.4 Å². The average Bonchev–Trinajstić information content (AvgIpc) is 3.50. The van der Waals surface area contributed by atoms with Crippen LogP contribution in [0.25, 0.3) is 0 Å². The summed E-state index contributed by atoms with van der Waals surface area (Å²) in [6.07, 6.45) is -0.186. The fourth-order valence-corrected chi connectivity index (χ4v) is 11.9. The van der Waals surface area contributed by atoms with Gasteiger partial charge in [-0.2, -0.15) is 0 Å². The van der Waals surface area contributed by atoms with Crippen LogP contribution in [0.4, 0.5) is 5.13 Å². The van der Waals surface area contributed by atoms with Crippen LogP contribution < -0.4 is 21.8 Å². The van der Waals surface area contributed by atoms with Crippen molar-refractivity contribution in [1.29, 1.82) is 0 Å². The molecule has 1 saturated heterocycles. The second-order valence-electron chi connectivity index (χ2n) is 20.5. The van der Waals surface area contributed by atoms with Gasteiger partial charge in [0.25, 0.3) is 11.8 Å². The molecule has 0 spiro atoms. The zero-order chi connectivity index (χ0) is 58.9. The predicted molar refractivity (Wildman–Crippen MR) is 317 cm³/mol. The molecule has 0 radical (unpaired) electrons. The summed E-state index contributed by atoms with van der Waals surface area (Å²) in [5, 5.41) is 20.0. The Morgan fingerprint density at radius 3 is 1.87 bits per heavy atom. The topological polar surface area (TPSA) is 235 Å². The Bertz CT molecular complexity index is 3530. The lowest BCUT2D eigenvalue weighted by Crippen LogP contribution is -2.71. The molecule has 0 saturated carbocycles. The zero-order valence-corrected chi connectivity index (χ0v) is 48.8. The summed E-state index contributed by atoms with van der Waals surface area (Å²) >= 11 is 3.44. The van der Waals surface area contributed by atoms with Crippen molar-refractivity contribution in [3.63, 3.8) is 0 Å². The Hall–Kier alpha value is -8.41. The van der Waals surface area contributed by atoms with Crippen molar-refractivity contribution in [2.45, 2.75) is 86.9 Å². The molecule has 19 nitrogen and oxygen atoms in total. The number of benzene rings is 5. The number of thiazole rings is 1. The van der Waals surface area contributed by atoms with Crippen LogP contribution >= 0.6 is 34.9 Å². The molecule has 428 valence electrons. The summed E-state index contributed by atoms with van der Waals surface area (Å²) in [7, 11) is 2.78. The molecule has 2 atom stereocenters. The molecule has 2 aliphatic heterocycles. The van der Waals surface area contributed by atoms with E-state index < -0.39 is 75.4 Å². The number of allylic oxidation sites excluding steroid dienone is 1. The number of hydrogen-bond donors (Lipinski definition) is 3. The number of esters is 2. The van der Waals surface area contributed by atoms with Crippen molar-refractivity contribution < 1.29 is 43.0 Å². The molecule has 2 amide bonds. The number of nitrogens with zero attached hydrogens (tertiary/aromatic N) is 5. The predicted octanol–water partition coefficient (Wildman–Crippen LogP) is 8.54. The maximum atomic E-state index is 15.0. The van der Waals surface area contributed by atoms with E-state index in [-0.39, 0.29) is 34.6 Å². The van der Waals surface area contributed by atoms with Crippen molar-refractivity contribution in [1.82, 2.24) is 30.0 Å². The first-order chi connectivity index (χ1) is 39.9. The third-order valence-corrected chi connectivity index (χ3v) is 16.1. The highest BCUT2D eigenvalue weighted by molar-refractivity contribution is 8.02. The maximum Gasteiger partial charge on any atom is 0.356 e. The number of carbonyl (C=O) groups is 4. The number of H-pyrrole nitrogens is 1. The number of methoxy groups -OCH3 is 2. The highest BCUT2D eigenvalue weighted by Gasteiger charge is 2.55. The van der Waals surface area contributed by atoms with Gasteiger partial charge in [0.15, 0.2) is 28.4 Å². The Kier molecular flexibility index (Phi) is 18.4. The first-order valence-corrected chi connectivity index (χ1v) is 29.0. The number of nitrogens with one attached hydrogen (secondary N) is 3. The van der Waals surface area contributed by atoms with E-state index in [4.69, 9.17) is 28.8 Å². The summed E-state index contributed by atoms with van der Waals surface area (Å²) in [5.74, 6) is -2.97. The number of fused-ring (bicyclic) bond motifs is 1. The molecular formula is C61H60N8O11S3. The highest BCUT2D eigenvalue weighted by Crippen LogP contribution is 2.44. The number of ether oxygens (including phenoxy) is 4. The second-order valence-corrected chi connectivity index (χ2v) is 23.3. The van der Waals surface area contributed by atoms with E-state index in [1.54, 1.807) is 37.6 Å². The lowest BCUT2D eigenvalue weighted by molar-refractivity contribution is -0.179. The summed E-state index contributed by atoms with van der Waals surface area (Å²) in [5.41, 5.74) is -1.39. The first-order valence-electron chi connectivity index (χ1n) is 26.2. The molecule has 0 bridgehead atoms. The van der Waals surface area contributed by atoms with Crippen molar-refractivity contribution in [2.24, 2.45) is 5.16 Å². The Morgan fingerprint density at radius 1 is 0.795 bits per heavy atom. The number of aromatic nitrogens is 4. The number of rotatable bonds is 22. The monoisotopic (exact) mass is 1180 g/mol. The molecule has 83 heavy (non-hydrogen) atoms. The van der Waals surface area contributed by atoms with E-state index >= 15 is 0 Å². The molecular weight excluding hydrogens is 1120 g/mol. The summed E-state index contributed by atoms with van der Waals surface area (Å²) in [4.78, 5) is 95.8. The molecule has 1 fully saturated rings. The van der Waals surface area contributed by atoms with Crippen LogP contribution in [0.15, 0.2) is 200 Å². The van der Waals surface area contributed by atoms with Gasteiger partial charge in [0.05, 0.1) is 6.54 Å². The molecule has 5 aromatic carbocycles. The van der Waals surface area contributed by atoms with Gasteiger partial charge >= 0.3 is 23.1 Å². The third-order valence-electron chi connectivity index (χ3n) is 13.3. The van der Waals surface area contributed by atoms with E-state index in [2.05, 4.69) is 26.0 Å². The largest absolute Gasteiger partial charge is 0.457 e. The Labute approximate surface area is 491 Å². The highest BCUT2D eigenvalue weighted by atomic mass is 32.2. The van der Waals surface area contributed by atoms with E-state index in [9.17, 15) is 28.8 Å². The number of aromatic amines is 1. The number of β-lactam (4-membered cyclic amide) rings is 1. The van der Waals surface area contributed by atoms with Gasteiger partial charge in [0.2, 0.25) is 5.60 Å². The normalized spacial score (nSPS) is 15.7. The molecule has 0 aliphatic carbocycles. The maximum absolute atomic E-state index is 15.0. The van der Waals surface area contributed by atoms with Gasteiger partial charge in [-0.25, -0.2) is 19.7 Å². The molecule has 9 rings (SSSR count). The molecule has 22 heteroatoms. The number of amides is 2. The number of anilines is 1. The van der Waals surface area contributed by atoms with Gasteiger partial charge < -0.3 is 34.4 Å². The van der Waals surface area contributed by atoms with Gasteiger partial charge in [-0.15, -0.1) is 28.2 Å². The fraction of sp³-hybridized carbons (Fsp3) is 0.262. The molecule has 2 aromatic heterocycles. The lowest BCUT2D eigenvalue weighted by Gasteiger charge is -2.49. The average molecular weight is 1180 g/mol. The minimum atomic E-state index is -1.71. The van der Waals surface area contributed by atoms with Crippen LogP contribution in [0.3, 0.4) is 0 Å². The number of hydrogen-bond acceptors (Lipinski definition) is 18. The van der Waals surface area contributed by atoms with Gasteiger partial charge in [-0.05, 0) is 79.5 Å². The van der Waals surface area contributed by atoms with Crippen molar-refractivity contribution in [2.75, 3.05) is 25.3 Å². The number of carbonyl (C=O) groups excluding carboxylic acids is 4. The smallest absolute Gasteiger partial charge is 0.356 e. The van der Waals surface area contributed by atoms with Crippen LogP contribution in [-0.4, -0.2) is 103 Å². The minimum Gasteiger partial charge on any atom is -0.457 e. The minimum absolute atomic E-state index is 0.0577. The molecule has 3 N–H and O–H groups in total. The van der Waals surface area contributed by atoms with Gasteiger partial charge in [0.1, 0.15) is 33.9 Å². The molecule has 4 heterocycles. The Balaban J connectivity index is 1.06. The van der Waals surface area contributed by atoms with E-state index in [1.165, 1.54) is 56.1 Å². The molecule has 7 aromatic rings. The summed E-state index contributed by atoms with van der Waals surface area (Å²) in [6.45, 7) is 7.90. The molecule has 2 aliphatic rings.